The van der Waals surface area contributed by atoms with Crippen LogP contribution in [0.25, 0.3) is 10.1 Å². The molecule has 21 heavy (non-hydrogen) atoms. The molecule has 0 aliphatic carbocycles. The van der Waals surface area contributed by atoms with Crippen molar-refractivity contribution in [3.8, 4) is 0 Å². The number of fused-ring (bicyclic) bond motifs is 1. The van der Waals surface area contributed by atoms with E-state index in [1.807, 2.05) is 18.2 Å². The van der Waals surface area contributed by atoms with Crippen LogP contribution in [-0.2, 0) is 0 Å². The Kier molecular flexibility index (Phi) is 4.84. The quantitative estimate of drug-likeness (QED) is 0.528. The number of nitrogens with one attached hydrogen (secondary N) is 1. The van der Waals surface area contributed by atoms with Gasteiger partial charge in [0.2, 0.25) is 0 Å². The molecule has 0 aliphatic rings. The fraction of sp³-hybridized carbons (Fsp3) is 0.308. The number of carbonyl (C=O) groups is 1. The number of nitrogens with two attached hydrogens (primary N) is 1. The van der Waals surface area contributed by atoms with Gasteiger partial charge >= 0.3 is 0 Å². The van der Waals surface area contributed by atoms with Crippen LogP contribution in [0.1, 0.15) is 9.67 Å². The van der Waals surface area contributed by atoms with E-state index in [1.165, 1.54) is 11.3 Å². The standard InChI is InChI=1S/C13H15BrN2O4S/c14-7-2-1-3-8-9(7)10(15)11(21-8)12(20)16-13(4-17,5-18)6-19/h1-3,17-19H,4-6,15H2,(H,16,20). The van der Waals surface area contributed by atoms with Gasteiger partial charge in [-0.3, -0.25) is 4.79 Å². The van der Waals surface area contributed by atoms with Crippen molar-refractivity contribution in [1.29, 1.82) is 0 Å². The molecule has 0 aliphatic heterocycles. The van der Waals surface area contributed by atoms with Crippen LogP contribution in [0.3, 0.4) is 0 Å². The monoisotopic (exact) mass is 374 g/mol. The predicted octanol–water partition coefficient (Wildman–Crippen LogP) is 0.691. The van der Waals surface area contributed by atoms with Crippen LogP contribution in [0.4, 0.5) is 5.69 Å². The van der Waals surface area contributed by atoms with E-state index in [-0.39, 0.29) is 4.88 Å². The molecule has 0 unspecified atom stereocenters. The molecule has 2 aromatic rings. The zero-order valence-electron chi connectivity index (χ0n) is 11.0. The number of hydrogen-bond donors (Lipinski definition) is 5. The van der Waals surface area contributed by atoms with Crippen LogP contribution in [0.15, 0.2) is 22.7 Å². The Bertz CT molecular complexity index is 661. The van der Waals surface area contributed by atoms with Crippen LogP contribution >= 0.6 is 27.3 Å². The molecule has 6 nitrogen and oxygen atoms in total. The lowest BCUT2D eigenvalue weighted by atomic mass is 10.0. The second-order valence-corrected chi connectivity index (χ2v) is 6.57. The lowest BCUT2D eigenvalue weighted by Crippen LogP contribution is -2.56. The zero-order chi connectivity index (χ0) is 15.6. The lowest BCUT2D eigenvalue weighted by molar-refractivity contribution is 0.0377. The van der Waals surface area contributed by atoms with E-state index in [1.54, 1.807) is 0 Å². The Morgan fingerprint density at radius 3 is 2.43 bits per heavy atom. The third-order valence-corrected chi connectivity index (χ3v) is 5.02. The molecular weight excluding hydrogens is 360 g/mol. The maximum atomic E-state index is 12.3. The second-order valence-electron chi connectivity index (χ2n) is 4.67. The molecule has 114 valence electrons. The SMILES string of the molecule is Nc1c(C(=O)NC(CO)(CO)CO)sc2cccc(Br)c12. The van der Waals surface area contributed by atoms with Gasteiger partial charge in [-0.2, -0.15) is 0 Å². The van der Waals surface area contributed by atoms with Gasteiger partial charge in [0.1, 0.15) is 10.4 Å². The molecule has 1 aromatic carbocycles. The lowest BCUT2D eigenvalue weighted by Gasteiger charge is -2.28. The smallest absolute Gasteiger partial charge is 0.264 e. The largest absolute Gasteiger partial charge is 0.397 e. The number of anilines is 1. The van der Waals surface area contributed by atoms with E-state index in [0.29, 0.717) is 5.69 Å². The number of aliphatic hydroxyl groups is 3. The van der Waals surface area contributed by atoms with Gasteiger partial charge < -0.3 is 26.4 Å². The van der Waals surface area contributed by atoms with Crippen LogP contribution in [-0.4, -0.2) is 46.6 Å². The van der Waals surface area contributed by atoms with Gasteiger partial charge in [0.25, 0.3) is 5.91 Å². The molecule has 8 heteroatoms. The van der Waals surface area contributed by atoms with Gasteiger partial charge in [0, 0.05) is 14.6 Å². The Morgan fingerprint density at radius 1 is 1.29 bits per heavy atom. The van der Waals surface area contributed by atoms with Gasteiger partial charge in [0.15, 0.2) is 0 Å². The van der Waals surface area contributed by atoms with Crippen LogP contribution in [0.2, 0.25) is 0 Å². The van der Waals surface area contributed by atoms with Crippen molar-refractivity contribution >= 4 is 48.9 Å². The fourth-order valence-electron chi connectivity index (χ4n) is 1.86. The summed E-state index contributed by atoms with van der Waals surface area (Å²) in [5, 5.41) is 31.0. The number of hydrogen-bond acceptors (Lipinski definition) is 6. The van der Waals surface area contributed by atoms with Crippen molar-refractivity contribution in [3.63, 3.8) is 0 Å². The van der Waals surface area contributed by atoms with Gasteiger partial charge in [-0.25, -0.2) is 0 Å². The van der Waals surface area contributed by atoms with Gasteiger partial charge in [-0.05, 0) is 12.1 Å². The normalized spacial score (nSPS) is 11.8. The maximum absolute atomic E-state index is 12.3. The van der Waals surface area contributed by atoms with Crippen molar-refractivity contribution in [2.75, 3.05) is 25.6 Å². The topological polar surface area (TPSA) is 116 Å². The van der Waals surface area contributed by atoms with E-state index >= 15 is 0 Å². The summed E-state index contributed by atoms with van der Waals surface area (Å²) >= 11 is 4.59. The minimum absolute atomic E-state index is 0.275. The average Bonchev–Trinajstić information content (AvgIpc) is 2.83. The van der Waals surface area contributed by atoms with Crippen molar-refractivity contribution in [2.45, 2.75) is 5.54 Å². The Balaban J connectivity index is 2.41. The number of amides is 1. The molecule has 0 saturated heterocycles. The highest BCUT2D eigenvalue weighted by Gasteiger charge is 2.31. The maximum Gasteiger partial charge on any atom is 0.264 e. The van der Waals surface area contributed by atoms with Gasteiger partial charge in [0.05, 0.1) is 25.5 Å². The van der Waals surface area contributed by atoms with Crippen LogP contribution < -0.4 is 11.1 Å². The summed E-state index contributed by atoms with van der Waals surface area (Å²) in [5.41, 5.74) is 4.86. The zero-order valence-corrected chi connectivity index (χ0v) is 13.4. The molecule has 0 atom stereocenters. The van der Waals surface area contributed by atoms with Crippen molar-refractivity contribution in [2.24, 2.45) is 0 Å². The van der Waals surface area contributed by atoms with Crippen molar-refractivity contribution < 1.29 is 20.1 Å². The average molecular weight is 375 g/mol. The highest BCUT2D eigenvalue weighted by Crippen LogP contribution is 2.38. The highest BCUT2D eigenvalue weighted by atomic mass is 79.9. The molecule has 0 radical (unpaired) electrons. The predicted molar refractivity (Wildman–Crippen MR) is 85.4 cm³/mol. The van der Waals surface area contributed by atoms with E-state index in [9.17, 15) is 20.1 Å². The van der Waals surface area contributed by atoms with E-state index < -0.39 is 31.3 Å². The molecule has 1 heterocycles. The van der Waals surface area contributed by atoms with E-state index in [2.05, 4.69) is 21.2 Å². The molecule has 0 saturated carbocycles. The van der Waals surface area contributed by atoms with E-state index in [0.717, 1.165) is 14.6 Å². The van der Waals surface area contributed by atoms with Crippen molar-refractivity contribution in [3.05, 3.63) is 27.5 Å². The third kappa shape index (κ3) is 2.90. The van der Waals surface area contributed by atoms with E-state index in [4.69, 9.17) is 5.73 Å². The number of benzene rings is 1. The second kappa shape index (κ2) is 6.29. The number of aliphatic hydroxyl groups excluding tert-OH is 3. The Morgan fingerprint density at radius 2 is 1.90 bits per heavy atom. The third-order valence-electron chi connectivity index (χ3n) is 3.19. The molecule has 0 fully saturated rings. The number of thiophene rings is 1. The Labute approximate surface area is 133 Å². The highest BCUT2D eigenvalue weighted by molar-refractivity contribution is 9.10. The van der Waals surface area contributed by atoms with Gasteiger partial charge in [-0.1, -0.05) is 22.0 Å². The summed E-state index contributed by atoms with van der Waals surface area (Å²) in [6, 6.07) is 5.51. The minimum atomic E-state index is -1.48. The molecule has 2 rings (SSSR count). The molecule has 6 N–H and O–H groups in total. The summed E-state index contributed by atoms with van der Waals surface area (Å²) < 4.78 is 1.63. The first-order valence-electron chi connectivity index (χ1n) is 6.09. The molecule has 1 aromatic heterocycles. The molecule has 0 bridgehead atoms. The molecular formula is C13H15BrN2O4S. The first-order valence-corrected chi connectivity index (χ1v) is 7.70. The number of halogens is 1. The minimum Gasteiger partial charge on any atom is -0.397 e. The van der Waals surface area contributed by atoms with Gasteiger partial charge in [-0.15, -0.1) is 11.3 Å². The number of nitrogen functional groups attached to an aromatic ring is 1. The summed E-state index contributed by atoms with van der Waals surface area (Å²) in [5.74, 6) is -0.544. The van der Waals surface area contributed by atoms with Crippen molar-refractivity contribution in [1.82, 2.24) is 5.32 Å². The molecule has 1 amide bonds. The number of rotatable bonds is 5. The number of carbonyl (C=O) groups excluding carboxylic acids is 1. The summed E-state index contributed by atoms with van der Waals surface area (Å²) in [6.45, 7) is -1.75. The summed E-state index contributed by atoms with van der Waals surface area (Å²) in [4.78, 5) is 12.6. The summed E-state index contributed by atoms with van der Waals surface area (Å²) in [7, 11) is 0. The van der Waals surface area contributed by atoms with Crippen LogP contribution in [0, 0.1) is 0 Å². The van der Waals surface area contributed by atoms with Crippen LogP contribution in [0.5, 0.6) is 0 Å². The first kappa shape index (κ1) is 16.2. The first-order chi connectivity index (χ1) is 9.98. The molecule has 0 spiro atoms. The Hall–Kier alpha value is -1.19. The fourth-order valence-corrected chi connectivity index (χ4v) is 3.62. The summed E-state index contributed by atoms with van der Waals surface area (Å²) in [6.07, 6.45) is 0.